The molecule has 2 aromatic carbocycles. The third-order valence-electron chi connectivity index (χ3n) is 11.1. The molecule has 0 saturated carbocycles. The summed E-state index contributed by atoms with van der Waals surface area (Å²) in [6, 6.07) is 7.62. The molecule has 0 aliphatic rings. The first-order chi connectivity index (χ1) is 31.6. The standard InChI is InChI=1S/C52H82N4O8/c1-7-13-19-25-31-57-43-37-41(38-44(58-32-26-20-14-8-2)47(43)61-35-29-23-17-11-5)49-53-55-51(63-49)52-56-54-50(64-52)42-39-45(59-33-27-21-15-9-3)48(62-36-30-24-18-12-6)46(40-42)60-34-28-22-16-10-4/h37-40H,7-36H2,1-6H3. The fourth-order valence-electron chi connectivity index (χ4n) is 7.22. The quantitative estimate of drug-likeness (QED) is 0.0395. The third-order valence-corrected chi connectivity index (χ3v) is 11.1. The lowest BCUT2D eigenvalue weighted by atomic mass is 10.1. The molecule has 4 rings (SSSR count). The lowest BCUT2D eigenvalue weighted by Gasteiger charge is -2.18. The zero-order valence-electron chi connectivity index (χ0n) is 40.6. The molecule has 358 valence electrons. The molecule has 0 unspecified atom stereocenters. The van der Waals surface area contributed by atoms with E-state index in [-0.39, 0.29) is 23.6 Å². The van der Waals surface area contributed by atoms with Gasteiger partial charge >= 0.3 is 11.8 Å². The van der Waals surface area contributed by atoms with E-state index in [9.17, 15) is 0 Å². The molecule has 12 nitrogen and oxygen atoms in total. The van der Waals surface area contributed by atoms with Crippen molar-refractivity contribution < 1.29 is 37.3 Å². The van der Waals surface area contributed by atoms with Gasteiger partial charge in [0.15, 0.2) is 23.0 Å². The highest BCUT2D eigenvalue weighted by molar-refractivity contribution is 5.67. The van der Waals surface area contributed by atoms with Gasteiger partial charge in [0.05, 0.1) is 39.6 Å². The monoisotopic (exact) mass is 891 g/mol. The van der Waals surface area contributed by atoms with Gasteiger partial charge < -0.3 is 37.3 Å². The largest absolute Gasteiger partial charge is 0.490 e. The highest BCUT2D eigenvalue weighted by Crippen LogP contribution is 2.44. The van der Waals surface area contributed by atoms with Crippen LogP contribution >= 0.6 is 0 Å². The minimum absolute atomic E-state index is 0.0981. The van der Waals surface area contributed by atoms with Crippen LogP contribution in [0.1, 0.15) is 196 Å². The smallest absolute Gasteiger partial charge is 0.306 e. The van der Waals surface area contributed by atoms with E-state index in [2.05, 4.69) is 61.9 Å². The first kappa shape index (κ1) is 52.1. The average molecular weight is 891 g/mol. The van der Waals surface area contributed by atoms with Gasteiger partial charge in [0.1, 0.15) is 0 Å². The SMILES string of the molecule is CCCCCCOc1cc(-c2nnc(-c3nnc(-c4cc(OCCCCCC)c(OCCCCCC)c(OCCCCCC)c4)o3)o2)cc(OCCCCCC)c1OCCCCCC. The topological polar surface area (TPSA) is 133 Å². The van der Waals surface area contributed by atoms with E-state index in [0.29, 0.717) is 85.3 Å². The molecule has 0 amide bonds. The molecular weight excluding hydrogens is 809 g/mol. The van der Waals surface area contributed by atoms with Crippen LogP contribution in [-0.4, -0.2) is 60.0 Å². The Kier molecular flexibility index (Phi) is 26.3. The Labute approximate surface area is 385 Å². The Morgan fingerprint density at radius 3 is 0.781 bits per heavy atom. The summed E-state index contributed by atoms with van der Waals surface area (Å²) in [4.78, 5) is 0. The third kappa shape index (κ3) is 18.6. The van der Waals surface area contributed by atoms with Gasteiger partial charge in [-0.25, -0.2) is 0 Å². The zero-order chi connectivity index (χ0) is 45.5. The Balaban J connectivity index is 1.66. The summed E-state index contributed by atoms with van der Waals surface area (Å²) in [6.45, 7) is 16.7. The number of ether oxygens (including phenoxy) is 6. The summed E-state index contributed by atoms with van der Waals surface area (Å²) in [6.07, 6.45) is 26.3. The molecule has 0 spiro atoms. The summed E-state index contributed by atoms with van der Waals surface area (Å²) >= 11 is 0. The number of unbranched alkanes of at least 4 members (excludes halogenated alkanes) is 18. The molecule has 0 aliphatic heterocycles. The summed E-state index contributed by atoms with van der Waals surface area (Å²) in [5, 5.41) is 17.6. The second kappa shape index (κ2) is 32.2. The molecule has 0 aliphatic carbocycles. The fourth-order valence-corrected chi connectivity index (χ4v) is 7.22. The normalized spacial score (nSPS) is 11.3. The number of hydrogen-bond donors (Lipinski definition) is 0. The van der Waals surface area contributed by atoms with Crippen LogP contribution in [0.25, 0.3) is 34.7 Å². The molecular formula is C52H82N4O8. The molecule has 0 bridgehead atoms. The summed E-state index contributed by atoms with van der Waals surface area (Å²) < 4.78 is 51.2. The van der Waals surface area contributed by atoms with Crippen molar-refractivity contribution in [3.8, 4) is 69.2 Å². The predicted molar refractivity (Wildman–Crippen MR) is 256 cm³/mol. The van der Waals surface area contributed by atoms with Crippen molar-refractivity contribution in [1.82, 2.24) is 20.4 Å². The highest BCUT2D eigenvalue weighted by atomic mass is 16.5. The van der Waals surface area contributed by atoms with Gasteiger partial charge in [-0.15, -0.1) is 20.4 Å². The second-order valence-corrected chi connectivity index (χ2v) is 16.9. The van der Waals surface area contributed by atoms with Gasteiger partial charge in [0.25, 0.3) is 0 Å². The molecule has 64 heavy (non-hydrogen) atoms. The molecule has 0 radical (unpaired) electrons. The predicted octanol–water partition coefficient (Wildman–Crippen LogP) is 15.2. The van der Waals surface area contributed by atoms with Crippen LogP contribution in [-0.2, 0) is 0 Å². The Hall–Kier alpha value is -4.48. The van der Waals surface area contributed by atoms with E-state index >= 15 is 0 Å². The van der Waals surface area contributed by atoms with Crippen LogP contribution in [0.3, 0.4) is 0 Å². The van der Waals surface area contributed by atoms with Crippen molar-refractivity contribution in [3.63, 3.8) is 0 Å². The second-order valence-electron chi connectivity index (χ2n) is 16.9. The van der Waals surface area contributed by atoms with Crippen molar-refractivity contribution in [2.75, 3.05) is 39.6 Å². The zero-order valence-corrected chi connectivity index (χ0v) is 40.6. The van der Waals surface area contributed by atoms with Crippen molar-refractivity contribution in [3.05, 3.63) is 24.3 Å². The number of rotatable bonds is 39. The highest BCUT2D eigenvalue weighted by Gasteiger charge is 2.24. The molecule has 0 N–H and O–H groups in total. The van der Waals surface area contributed by atoms with E-state index in [1.54, 1.807) is 0 Å². The molecule has 0 fully saturated rings. The minimum atomic E-state index is 0.0981. The van der Waals surface area contributed by atoms with E-state index in [1.165, 1.54) is 38.5 Å². The van der Waals surface area contributed by atoms with E-state index < -0.39 is 0 Å². The summed E-state index contributed by atoms with van der Waals surface area (Å²) in [5.74, 6) is 4.40. The Morgan fingerprint density at radius 1 is 0.297 bits per heavy atom. The van der Waals surface area contributed by atoms with Crippen LogP contribution < -0.4 is 28.4 Å². The minimum Gasteiger partial charge on any atom is -0.490 e. The van der Waals surface area contributed by atoms with Gasteiger partial charge in [0, 0.05) is 11.1 Å². The Bertz CT molecular complexity index is 1610. The van der Waals surface area contributed by atoms with E-state index in [1.807, 2.05) is 24.3 Å². The van der Waals surface area contributed by atoms with Crippen LogP contribution in [0.15, 0.2) is 33.1 Å². The number of benzene rings is 2. The van der Waals surface area contributed by atoms with Crippen molar-refractivity contribution in [2.24, 2.45) is 0 Å². The van der Waals surface area contributed by atoms with Gasteiger partial charge in [-0.05, 0) is 62.8 Å². The van der Waals surface area contributed by atoms with Gasteiger partial charge in [-0.1, -0.05) is 157 Å². The lowest BCUT2D eigenvalue weighted by molar-refractivity contribution is 0.234. The van der Waals surface area contributed by atoms with Crippen LogP contribution in [0.4, 0.5) is 0 Å². The van der Waals surface area contributed by atoms with Gasteiger partial charge in [0.2, 0.25) is 23.3 Å². The van der Waals surface area contributed by atoms with Gasteiger partial charge in [-0.2, -0.15) is 0 Å². The number of nitrogens with zero attached hydrogens (tertiary/aromatic N) is 4. The molecule has 2 heterocycles. The van der Waals surface area contributed by atoms with Crippen LogP contribution in [0.5, 0.6) is 34.5 Å². The molecule has 0 atom stereocenters. The van der Waals surface area contributed by atoms with Crippen molar-refractivity contribution in [2.45, 2.75) is 196 Å². The molecule has 2 aromatic heterocycles. The molecule has 0 saturated heterocycles. The first-order valence-electron chi connectivity index (χ1n) is 25.4. The van der Waals surface area contributed by atoms with Crippen LogP contribution in [0.2, 0.25) is 0 Å². The van der Waals surface area contributed by atoms with Crippen molar-refractivity contribution >= 4 is 0 Å². The maximum atomic E-state index is 6.44. The lowest BCUT2D eigenvalue weighted by Crippen LogP contribution is -2.06. The van der Waals surface area contributed by atoms with Crippen LogP contribution in [0, 0.1) is 0 Å². The maximum absolute atomic E-state index is 6.44. The maximum Gasteiger partial charge on any atom is 0.306 e. The fraction of sp³-hybridized carbons (Fsp3) is 0.692. The van der Waals surface area contributed by atoms with Gasteiger partial charge in [-0.3, -0.25) is 0 Å². The number of hydrogen-bond acceptors (Lipinski definition) is 12. The Morgan fingerprint density at radius 2 is 0.531 bits per heavy atom. The average Bonchev–Trinajstić information content (AvgIpc) is 4.01. The number of aromatic nitrogens is 4. The summed E-state index contributed by atoms with van der Waals surface area (Å²) in [7, 11) is 0. The first-order valence-corrected chi connectivity index (χ1v) is 25.4. The van der Waals surface area contributed by atoms with E-state index in [0.717, 1.165) is 116 Å². The van der Waals surface area contributed by atoms with Crippen molar-refractivity contribution in [1.29, 1.82) is 0 Å². The van der Waals surface area contributed by atoms with E-state index in [4.69, 9.17) is 37.3 Å². The molecule has 12 heteroatoms. The molecule has 4 aromatic rings. The summed E-state index contributed by atoms with van der Waals surface area (Å²) in [5.41, 5.74) is 1.30.